The van der Waals surface area contributed by atoms with Gasteiger partial charge < -0.3 is 5.11 Å². The number of hydrogen-bond donors (Lipinski definition) is 1. The maximum Gasteiger partial charge on any atom is 0.0431 e. The van der Waals surface area contributed by atoms with Crippen molar-refractivity contribution in [1.29, 1.82) is 0 Å². The number of hydrogen-bond acceptors (Lipinski definition) is 1. The molecule has 0 heterocycles. The van der Waals surface area contributed by atoms with Crippen LogP contribution in [0.15, 0.2) is 12.2 Å². The average molecular weight is 184 g/mol. The summed E-state index contributed by atoms with van der Waals surface area (Å²) in [6.07, 6.45) is 10.4. The van der Waals surface area contributed by atoms with E-state index in [1.807, 2.05) is 0 Å². The molecule has 0 radical (unpaired) electrons. The highest BCUT2D eigenvalue weighted by Crippen LogP contribution is 2.15. The zero-order valence-electron chi connectivity index (χ0n) is 9.34. The van der Waals surface area contributed by atoms with Gasteiger partial charge in [-0.1, -0.05) is 45.8 Å². The molecule has 1 N–H and O–H groups in total. The lowest BCUT2D eigenvalue weighted by atomic mass is 9.96. The van der Waals surface area contributed by atoms with Crippen molar-refractivity contribution in [3.05, 3.63) is 12.2 Å². The smallest absolute Gasteiger partial charge is 0.0431 e. The van der Waals surface area contributed by atoms with Crippen molar-refractivity contribution in [3.63, 3.8) is 0 Å². The second-order valence-corrected chi connectivity index (χ2v) is 4.69. The van der Waals surface area contributed by atoms with E-state index in [-0.39, 0.29) is 0 Å². The minimum Gasteiger partial charge on any atom is -0.396 e. The van der Waals surface area contributed by atoms with Gasteiger partial charge in [-0.2, -0.15) is 0 Å². The van der Waals surface area contributed by atoms with Crippen molar-refractivity contribution in [2.24, 2.45) is 5.41 Å². The third-order valence-electron chi connectivity index (χ3n) is 1.90. The highest BCUT2D eigenvalue weighted by Gasteiger charge is 2.02. The summed E-state index contributed by atoms with van der Waals surface area (Å²) >= 11 is 0. The molecule has 0 saturated heterocycles. The van der Waals surface area contributed by atoms with E-state index in [0.717, 1.165) is 6.42 Å². The van der Waals surface area contributed by atoms with Crippen molar-refractivity contribution in [1.82, 2.24) is 0 Å². The molecule has 0 unspecified atom stereocenters. The van der Waals surface area contributed by atoms with Gasteiger partial charge in [-0.3, -0.25) is 0 Å². The first-order valence-corrected chi connectivity index (χ1v) is 5.35. The Bertz CT molecular complexity index is 131. The van der Waals surface area contributed by atoms with Crippen LogP contribution in [0.5, 0.6) is 0 Å². The third kappa shape index (κ3) is 11.7. The van der Waals surface area contributed by atoms with Crippen LogP contribution in [0.1, 0.15) is 52.9 Å². The van der Waals surface area contributed by atoms with E-state index in [0.29, 0.717) is 12.0 Å². The molecule has 0 aromatic rings. The Kier molecular flexibility index (Phi) is 6.97. The summed E-state index contributed by atoms with van der Waals surface area (Å²) in [7, 11) is 0. The standard InChI is InChI=1S/C12H24O/c1-12(2,3)10-8-6-4-5-7-9-11-13/h8,10,13H,4-7,9,11H2,1-3H3. The van der Waals surface area contributed by atoms with Gasteiger partial charge in [0.2, 0.25) is 0 Å². The van der Waals surface area contributed by atoms with Gasteiger partial charge in [0, 0.05) is 6.61 Å². The maximum atomic E-state index is 8.56. The molecule has 0 saturated carbocycles. The summed E-state index contributed by atoms with van der Waals surface area (Å²) < 4.78 is 0. The summed E-state index contributed by atoms with van der Waals surface area (Å²) in [6, 6.07) is 0. The predicted octanol–water partition coefficient (Wildman–Crippen LogP) is 3.53. The van der Waals surface area contributed by atoms with E-state index < -0.39 is 0 Å². The van der Waals surface area contributed by atoms with Gasteiger partial charge in [0.1, 0.15) is 0 Å². The van der Waals surface area contributed by atoms with E-state index in [4.69, 9.17) is 5.11 Å². The van der Waals surface area contributed by atoms with Crippen molar-refractivity contribution < 1.29 is 5.11 Å². The fraction of sp³-hybridized carbons (Fsp3) is 0.833. The predicted molar refractivity (Wildman–Crippen MR) is 58.8 cm³/mol. The number of aliphatic hydroxyl groups is 1. The highest BCUT2D eigenvalue weighted by atomic mass is 16.2. The summed E-state index contributed by atoms with van der Waals surface area (Å²) in [5.41, 5.74) is 0.325. The average Bonchev–Trinajstić information content (AvgIpc) is 2.01. The zero-order valence-corrected chi connectivity index (χ0v) is 9.34. The SMILES string of the molecule is CC(C)(C)C=CCCCCCCO. The molecule has 1 nitrogen and oxygen atoms in total. The summed E-state index contributed by atoms with van der Waals surface area (Å²) in [6.45, 7) is 7.00. The molecule has 0 aromatic heterocycles. The molecule has 0 fully saturated rings. The summed E-state index contributed by atoms with van der Waals surface area (Å²) in [5, 5.41) is 8.56. The first-order chi connectivity index (χ1) is 6.06. The molecular formula is C12H24O. The zero-order chi connectivity index (χ0) is 10.2. The second kappa shape index (κ2) is 7.14. The number of allylic oxidation sites excluding steroid dienone is 2. The fourth-order valence-corrected chi connectivity index (χ4v) is 1.16. The molecule has 0 spiro atoms. The second-order valence-electron chi connectivity index (χ2n) is 4.69. The first kappa shape index (κ1) is 12.7. The van der Waals surface area contributed by atoms with E-state index in [1.165, 1.54) is 25.7 Å². The molecule has 78 valence electrons. The van der Waals surface area contributed by atoms with Gasteiger partial charge >= 0.3 is 0 Å². The lowest BCUT2D eigenvalue weighted by Gasteiger charge is -2.10. The lowest BCUT2D eigenvalue weighted by Crippen LogP contribution is -1.98. The van der Waals surface area contributed by atoms with Crippen LogP contribution in [0.4, 0.5) is 0 Å². The minimum atomic E-state index is 0.325. The monoisotopic (exact) mass is 184 g/mol. The molecular weight excluding hydrogens is 160 g/mol. The number of unbranched alkanes of at least 4 members (excludes halogenated alkanes) is 4. The Morgan fingerprint density at radius 3 is 2.15 bits per heavy atom. The Balaban J connectivity index is 3.21. The van der Waals surface area contributed by atoms with Crippen LogP contribution in [0.3, 0.4) is 0 Å². The molecule has 13 heavy (non-hydrogen) atoms. The van der Waals surface area contributed by atoms with Gasteiger partial charge in [0.25, 0.3) is 0 Å². The van der Waals surface area contributed by atoms with Gasteiger partial charge in [0.05, 0.1) is 0 Å². The van der Waals surface area contributed by atoms with E-state index in [9.17, 15) is 0 Å². The third-order valence-corrected chi connectivity index (χ3v) is 1.90. The highest BCUT2D eigenvalue weighted by molar-refractivity contribution is 4.91. The largest absolute Gasteiger partial charge is 0.396 e. The molecule has 0 aliphatic rings. The fourth-order valence-electron chi connectivity index (χ4n) is 1.16. The quantitative estimate of drug-likeness (QED) is 0.494. The Labute approximate surface area is 82.9 Å². The number of aliphatic hydroxyl groups excluding tert-OH is 1. The van der Waals surface area contributed by atoms with Crippen LogP contribution in [0.25, 0.3) is 0 Å². The topological polar surface area (TPSA) is 20.2 Å². The van der Waals surface area contributed by atoms with Crippen LogP contribution in [0.2, 0.25) is 0 Å². The number of rotatable bonds is 6. The van der Waals surface area contributed by atoms with Crippen LogP contribution >= 0.6 is 0 Å². The van der Waals surface area contributed by atoms with Gasteiger partial charge in [0.15, 0.2) is 0 Å². The van der Waals surface area contributed by atoms with Gasteiger partial charge in [-0.05, 0) is 24.7 Å². The van der Waals surface area contributed by atoms with Gasteiger partial charge in [-0.25, -0.2) is 0 Å². The van der Waals surface area contributed by atoms with Crippen LogP contribution < -0.4 is 0 Å². The van der Waals surface area contributed by atoms with Crippen LogP contribution in [0, 0.1) is 5.41 Å². The normalized spacial score (nSPS) is 12.6. The Morgan fingerprint density at radius 2 is 1.62 bits per heavy atom. The molecule has 0 atom stereocenters. The molecule has 0 bridgehead atoms. The van der Waals surface area contributed by atoms with Gasteiger partial charge in [-0.15, -0.1) is 0 Å². The van der Waals surface area contributed by atoms with E-state index in [2.05, 4.69) is 32.9 Å². The van der Waals surface area contributed by atoms with Crippen molar-refractivity contribution in [3.8, 4) is 0 Å². The van der Waals surface area contributed by atoms with E-state index >= 15 is 0 Å². The van der Waals surface area contributed by atoms with Crippen molar-refractivity contribution in [2.45, 2.75) is 52.9 Å². The van der Waals surface area contributed by atoms with Crippen LogP contribution in [-0.2, 0) is 0 Å². The van der Waals surface area contributed by atoms with Crippen molar-refractivity contribution in [2.75, 3.05) is 6.61 Å². The van der Waals surface area contributed by atoms with E-state index in [1.54, 1.807) is 0 Å². The molecule has 0 rings (SSSR count). The Hall–Kier alpha value is -0.300. The lowest BCUT2D eigenvalue weighted by molar-refractivity contribution is 0.282. The minimum absolute atomic E-state index is 0.325. The summed E-state index contributed by atoms with van der Waals surface area (Å²) in [4.78, 5) is 0. The molecule has 0 amide bonds. The Morgan fingerprint density at radius 1 is 1.00 bits per heavy atom. The molecule has 0 aliphatic heterocycles. The summed E-state index contributed by atoms with van der Waals surface area (Å²) in [5.74, 6) is 0. The van der Waals surface area contributed by atoms with Crippen LogP contribution in [-0.4, -0.2) is 11.7 Å². The van der Waals surface area contributed by atoms with Crippen molar-refractivity contribution >= 4 is 0 Å². The molecule has 0 aromatic carbocycles. The maximum absolute atomic E-state index is 8.56. The first-order valence-electron chi connectivity index (χ1n) is 5.35. The molecule has 1 heteroatoms. The molecule has 0 aliphatic carbocycles.